The highest BCUT2D eigenvalue weighted by Crippen LogP contribution is 2.20. The predicted octanol–water partition coefficient (Wildman–Crippen LogP) is 2.73. The fourth-order valence-corrected chi connectivity index (χ4v) is 2.87. The number of rotatable bonds is 5. The molecular formula is C18H24N4O3. The molecule has 1 fully saturated rings. The van der Waals surface area contributed by atoms with Gasteiger partial charge in [0.2, 0.25) is 0 Å². The molecule has 0 radical (unpaired) electrons. The zero-order valence-electron chi connectivity index (χ0n) is 14.6. The summed E-state index contributed by atoms with van der Waals surface area (Å²) < 4.78 is 10.2. The van der Waals surface area contributed by atoms with Crippen LogP contribution in [-0.2, 0) is 11.3 Å². The van der Waals surface area contributed by atoms with Gasteiger partial charge < -0.3 is 19.5 Å². The number of hydrogen-bond acceptors (Lipinski definition) is 5. The number of nitrogens with zero attached hydrogens (tertiary/aromatic N) is 3. The summed E-state index contributed by atoms with van der Waals surface area (Å²) in [5.41, 5.74) is 2.75. The molecule has 1 aromatic carbocycles. The van der Waals surface area contributed by atoms with Gasteiger partial charge in [-0.05, 0) is 24.6 Å². The third kappa shape index (κ3) is 4.58. The first-order chi connectivity index (χ1) is 12.2. The van der Waals surface area contributed by atoms with Crippen LogP contribution in [0.4, 0.5) is 10.5 Å². The molecule has 1 unspecified atom stereocenters. The van der Waals surface area contributed by atoms with E-state index in [4.69, 9.17) is 9.26 Å². The standard InChI is InChI=1S/C18H24N4O3/c1-14(24-2)15-4-3-5-16(12-15)19-18(23)22-9-7-21(8-10-22)13-17-6-11-25-20-17/h3-6,11-12,14H,7-10,13H2,1-2H3,(H,19,23). The number of methoxy groups -OCH3 is 1. The molecule has 0 spiro atoms. The Morgan fingerprint density at radius 1 is 1.32 bits per heavy atom. The molecule has 134 valence electrons. The van der Waals surface area contributed by atoms with E-state index in [-0.39, 0.29) is 12.1 Å². The van der Waals surface area contributed by atoms with E-state index in [1.165, 1.54) is 0 Å². The molecule has 7 nitrogen and oxygen atoms in total. The molecule has 1 aliphatic heterocycles. The van der Waals surface area contributed by atoms with Gasteiger partial charge in [-0.25, -0.2) is 4.79 Å². The van der Waals surface area contributed by atoms with Crippen LogP contribution in [0.25, 0.3) is 0 Å². The van der Waals surface area contributed by atoms with Crippen LogP contribution >= 0.6 is 0 Å². The van der Waals surface area contributed by atoms with Gasteiger partial charge in [-0.15, -0.1) is 0 Å². The van der Waals surface area contributed by atoms with Gasteiger partial charge in [0.1, 0.15) is 6.26 Å². The molecule has 1 aromatic heterocycles. The Bertz CT molecular complexity index is 681. The van der Waals surface area contributed by atoms with Gasteiger partial charge in [-0.3, -0.25) is 4.90 Å². The minimum Gasteiger partial charge on any atom is -0.377 e. The Morgan fingerprint density at radius 2 is 2.12 bits per heavy atom. The number of hydrogen-bond donors (Lipinski definition) is 1. The van der Waals surface area contributed by atoms with Crippen molar-refractivity contribution in [1.82, 2.24) is 15.0 Å². The van der Waals surface area contributed by atoms with E-state index in [1.807, 2.05) is 42.2 Å². The quantitative estimate of drug-likeness (QED) is 0.903. The zero-order valence-corrected chi connectivity index (χ0v) is 14.6. The number of nitrogens with one attached hydrogen (secondary N) is 1. The highest BCUT2D eigenvalue weighted by atomic mass is 16.5. The summed E-state index contributed by atoms with van der Waals surface area (Å²) in [6.07, 6.45) is 1.58. The van der Waals surface area contributed by atoms with Crippen LogP contribution in [0.15, 0.2) is 41.1 Å². The lowest BCUT2D eigenvalue weighted by Crippen LogP contribution is -2.49. The summed E-state index contributed by atoms with van der Waals surface area (Å²) in [6, 6.07) is 9.57. The second-order valence-corrected chi connectivity index (χ2v) is 6.19. The number of piperazine rings is 1. The number of anilines is 1. The molecule has 2 amide bonds. The monoisotopic (exact) mass is 344 g/mol. The average Bonchev–Trinajstić information content (AvgIpc) is 3.15. The topological polar surface area (TPSA) is 70.8 Å². The third-order valence-electron chi connectivity index (χ3n) is 4.50. The van der Waals surface area contributed by atoms with Crippen LogP contribution in [0.5, 0.6) is 0 Å². The summed E-state index contributed by atoms with van der Waals surface area (Å²) in [5, 5.41) is 6.91. The molecule has 25 heavy (non-hydrogen) atoms. The predicted molar refractivity (Wildman–Crippen MR) is 94.2 cm³/mol. The third-order valence-corrected chi connectivity index (χ3v) is 4.50. The minimum atomic E-state index is -0.0664. The van der Waals surface area contributed by atoms with E-state index < -0.39 is 0 Å². The van der Waals surface area contributed by atoms with Crippen molar-refractivity contribution in [2.45, 2.75) is 19.6 Å². The number of urea groups is 1. The SMILES string of the molecule is COC(C)c1cccc(NC(=O)N2CCN(Cc3ccon3)CC2)c1. The smallest absolute Gasteiger partial charge is 0.321 e. The molecule has 0 aliphatic carbocycles. The van der Waals surface area contributed by atoms with Gasteiger partial charge in [-0.2, -0.15) is 0 Å². The Labute approximate surface area is 147 Å². The van der Waals surface area contributed by atoms with Crippen molar-refractivity contribution in [3.8, 4) is 0 Å². The van der Waals surface area contributed by atoms with Crippen LogP contribution in [0.1, 0.15) is 24.3 Å². The summed E-state index contributed by atoms with van der Waals surface area (Å²) in [6.45, 7) is 5.76. The highest BCUT2D eigenvalue weighted by Gasteiger charge is 2.21. The number of carbonyl (C=O) groups is 1. The number of ether oxygens (including phenoxy) is 1. The molecule has 1 saturated heterocycles. The van der Waals surface area contributed by atoms with Crippen LogP contribution in [0, 0.1) is 0 Å². The van der Waals surface area contributed by atoms with Gasteiger partial charge in [0.25, 0.3) is 0 Å². The summed E-state index contributed by atoms with van der Waals surface area (Å²) >= 11 is 0. The molecule has 3 rings (SSSR count). The van der Waals surface area contributed by atoms with Crippen molar-refractivity contribution in [1.29, 1.82) is 0 Å². The number of benzene rings is 1. The molecule has 2 heterocycles. The summed E-state index contributed by atoms with van der Waals surface area (Å²) in [7, 11) is 1.68. The molecule has 1 aliphatic rings. The van der Waals surface area contributed by atoms with E-state index >= 15 is 0 Å². The number of carbonyl (C=O) groups excluding carboxylic acids is 1. The second-order valence-electron chi connectivity index (χ2n) is 6.19. The Hall–Kier alpha value is -2.38. The number of aromatic nitrogens is 1. The molecular weight excluding hydrogens is 320 g/mol. The lowest BCUT2D eigenvalue weighted by atomic mass is 10.1. The summed E-state index contributed by atoms with van der Waals surface area (Å²) in [4.78, 5) is 16.6. The molecule has 0 saturated carbocycles. The first kappa shape index (κ1) is 17.4. The number of amides is 2. The molecule has 0 bridgehead atoms. The lowest BCUT2D eigenvalue weighted by Gasteiger charge is -2.34. The van der Waals surface area contributed by atoms with Crippen molar-refractivity contribution >= 4 is 11.7 Å². The lowest BCUT2D eigenvalue weighted by molar-refractivity contribution is 0.119. The fourth-order valence-electron chi connectivity index (χ4n) is 2.87. The van der Waals surface area contributed by atoms with Crippen molar-refractivity contribution in [3.05, 3.63) is 47.9 Å². The molecule has 1 N–H and O–H groups in total. The van der Waals surface area contributed by atoms with Crippen LogP contribution in [-0.4, -0.2) is 54.3 Å². The normalized spacial score (nSPS) is 16.6. The van der Waals surface area contributed by atoms with E-state index in [2.05, 4.69) is 15.4 Å². The van der Waals surface area contributed by atoms with Gasteiger partial charge in [0.05, 0.1) is 11.8 Å². The van der Waals surface area contributed by atoms with Crippen molar-refractivity contribution in [3.63, 3.8) is 0 Å². The average molecular weight is 344 g/mol. The molecule has 7 heteroatoms. The summed E-state index contributed by atoms with van der Waals surface area (Å²) in [5.74, 6) is 0. The fraction of sp³-hybridized carbons (Fsp3) is 0.444. The zero-order chi connectivity index (χ0) is 17.6. The van der Waals surface area contributed by atoms with E-state index in [1.54, 1.807) is 13.4 Å². The van der Waals surface area contributed by atoms with Gasteiger partial charge >= 0.3 is 6.03 Å². The maximum atomic E-state index is 12.5. The molecule has 2 aromatic rings. The highest BCUT2D eigenvalue weighted by molar-refractivity contribution is 5.89. The van der Waals surface area contributed by atoms with Crippen molar-refractivity contribution < 1.29 is 14.1 Å². The maximum Gasteiger partial charge on any atom is 0.321 e. The molecule has 1 atom stereocenters. The van der Waals surface area contributed by atoms with Crippen LogP contribution in [0.3, 0.4) is 0 Å². The minimum absolute atomic E-state index is 0.00284. The van der Waals surface area contributed by atoms with Crippen LogP contribution < -0.4 is 5.32 Å². The van der Waals surface area contributed by atoms with E-state index in [9.17, 15) is 4.79 Å². The first-order valence-electron chi connectivity index (χ1n) is 8.46. The maximum absolute atomic E-state index is 12.5. The Morgan fingerprint density at radius 3 is 2.80 bits per heavy atom. The van der Waals surface area contributed by atoms with Gasteiger partial charge in [-0.1, -0.05) is 17.3 Å². The Balaban J connectivity index is 1.51. The van der Waals surface area contributed by atoms with Crippen molar-refractivity contribution in [2.75, 3.05) is 38.6 Å². The van der Waals surface area contributed by atoms with Crippen LogP contribution in [0.2, 0.25) is 0 Å². The van der Waals surface area contributed by atoms with E-state index in [0.29, 0.717) is 13.1 Å². The van der Waals surface area contributed by atoms with Gasteiger partial charge in [0, 0.05) is 51.6 Å². The van der Waals surface area contributed by atoms with E-state index in [0.717, 1.165) is 36.6 Å². The van der Waals surface area contributed by atoms with Gasteiger partial charge in [0.15, 0.2) is 0 Å². The Kier molecular flexibility index (Phi) is 5.67. The largest absolute Gasteiger partial charge is 0.377 e. The first-order valence-corrected chi connectivity index (χ1v) is 8.46. The second kappa shape index (κ2) is 8.13. The van der Waals surface area contributed by atoms with Crippen molar-refractivity contribution in [2.24, 2.45) is 0 Å².